The zero-order valence-electron chi connectivity index (χ0n) is 21.4. The Labute approximate surface area is 226 Å². The van der Waals surface area contributed by atoms with Crippen LogP contribution in [0.5, 0.6) is 5.75 Å². The molecule has 0 aliphatic carbocycles. The molecular formula is C28H33N5O4S. The number of fused-ring (bicyclic) bond motifs is 1. The number of Topliss-reactive ketones (excluding diaryl/α,β-unsaturated/α-hetero) is 1. The maximum Gasteiger partial charge on any atom is 0.322 e. The topological polar surface area (TPSA) is 110 Å². The minimum Gasteiger partial charge on any atom is -0.493 e. The molecule has 1 saturated heterocycles. The van der Waals surface area contributed by atoms with Crippen LogP contribution < -0.4 is 15.8 Å². The molecule has 1 fully saturated rings. The summed E-state index contributed by atoms with van der Waals surface area (Å²) in [6, 6.07) is 9.18. The monoisotopic (exact) mass is 535 g/mol. The van der Waals surface area contributed by atoms with E-state index in [0.29, 0.717) is 31.1 Å². The molecule has 0 atom stereocenters. The molecule has 1 aromatic carbocycles. The molecule has 10 heteroatoms. The molecule has 0 unspecified atom stereocenters. The van der Waals surface area contributed by atoms with E-state index in [0.717, 1.165) is 73.8 Å². The summed E-state index contributed by atoms with van der Waals surface area (Å²) in [5.74, 6) is 0.801. The van der Waals surface area contributed by atoms with Gasteiger partial charge in [-0.25, -0.2) is 4.79 Å². The van der Waals surface area contributed by atoms with Crippen LogP contribution in [0, 0.1) is 0 Å². The number of ether oxygens (including phenoxy) is 2. The molecule has 200 valence electrons. The van der Waals surface area contributed by atoms with Crippen LogP contribution >= 0.6 is 11.3 Å². The number of nitrogen functional groups attached to an aromatic ring is 1. The highest BCUT2D eigenvalue weighted by Crippen LogP contribution is 2.28. The van der Waals surface area contributed by atoms with Crippen LogP contribution in [-0.2, 0) is 24.1 Å². The van der Waals surface area contributed by atoms with Crippen LogP contribution in [0.3, 0.4) is 0 Å². The second-order valence-corrected chi connectivity index (χ2v) is 10.3. The number of thiophene rings is 1. The molecule has 9 nitrogen and oxygen atoms in total. The number of carbonyl (C=O) groups excluding carboxylic acids is 2. The van der Waals surface area contributed by atoms with Crippen LogP contribution in [0.2, 0.25) is 0 Å². The average Bonchev–Trinajstić information content (AvgIpc) is 3.57. The Kier molecular flexibility index (Phi) is 8.52. The summed E-state index contributed by atoms with van der Waals surface area (Å²) in [6.45, 7) is 5.90. The predicted molar refractivity (Wildman–Crippen MR) is 148 cm³/mol. The SMILES string of the molecule is Nc1cscc1CC(=O)c1ccc(CN(CCCN2CCOCC2)C(=O)Nc2ccc3c(c2)CCO3)cn1. The molecule has 3 N–H and O–H groups in total. The summed E-state index contributed by atoms with van der Waals surface area (Å²) in [5, 5.41) is 6.77. The Morgan fingerprint density at radius 1 is 1.13 bits per heavy atom. The maximum atomic E-state index is 13.3. The van der Waals surface area contributed by atoms with Crippen molar-refractivity contribution in [2.24, 2.45) is 0 Å². The van der Waals surface area contributed by atoms with Crippen molar-refractivity contribution in [3.8, 4) is 5.75 Å². The lowest BCUT2D eigenvalue weighted by Crippen LogP contribution is -2.40. The van der Waals surface area contributed by atoms with Gasteiger partial charge in [0.25, 0.3) is 0 Å². The summed E-state index contributed by atoms with van der Waals surface area (Å²) in [6.07, 6.45) is 3.60. The number of aromatic nitrogens is 1. The van der Waals surface area contributed by atoms with Gasteiger partial charge in [-0.2, -0.15) is 0 Å². The third-order valence-corrected chi connectivity index (χ3v) is 7.66. The van der Waals surface area contributed by atoms with Gasteiger partial charge in [0.15, 0.2) is 5.78 Å². The second kappa shape index (κ2) is 12.4. The molecule has 0 spiro atoms. The van der Waals surface area contributed by atoms with Crippen LogP contribution in [-0.4, -0.2) is 72.6 Å². The molecule has 3 aromatic rings. The number of carbonyl (C=O) groups is 2. The van der Waals surface area contributed by atoms with E-state index in [1.165, 1.54) is 11.3 Å². The number of nitrogens with zero attached hydrogens (tertiary/aromatic N) is 3. The number of hydrogen-bond acceptors (Lipinski definition) is 8. The van der Waals surface area contributed by atoms with E-state index in [2.05, 4.69) is 15.2 Å². The number of anilines is 2. The van der Waals surface area contributed by atoms with Crippen molar-refractivity contribution in [1.29, 1.82) is 0 Å². The summed E-state index contributed by atoms with van der Waals surface area (Å²) < 4.78 is 11.0. The van der Waals surface area contributed by atoms with Gasteiger partial charge >= 0.3 is 6.03 Å². The third kappa shape index (κ3) is 6.69. The molecule has 4 heterocycles. The van der Waals surface area contributed by atoms with Gasteiger partial charge in [0.1, 0.15) is 11.4 Å². The molecule has 0 bridgehead atoms. The number of amides is 2. The second-order valence-electron chi connectivity index (χ2n) is 9.58. The number of urea groups is 1. The normalized spacial score (nSPS) is 15.1. The van der Waals surface area contributed by atoms with Crippen molar-refractivity contribution in [2.75, 3.05) is 57.1 Å². The van der Waals surface area contributed by atoms with Crippen molar-refractivity contribution in [3.05, 3.63) is 69.7 Å². The highest BCUT2D eigenvalue weighted by Gasteiger charge is 2.19. The predicted octanol–water partition coefficient (Wildman–Crippen LogP) is 3.84. The number of pyridine rings is 1. The molecule has 5 rings (SSSR count). The van der Waals surface area contributed by atoms with Gasteiger partial charge < -0.3 is 25.4 Å². The molecule has 0 radical (unpaired) electrons. The molecule has 0 saturated carbocycles. The minimum atomic E-state index is -0.168. The van der Waals surface area contributed by atoms with Gasteiger partial charge in [-0.3, -0.25) is 14.7 Å². The highest BCUT2D eigenvalue weighted by atomic mass is 32.1. The van der Waals surface area contributed by atoms with E-state index >= 15 is 0 Å². The minimum absolute atomic E-state index is 0.0812. The number of nitrogens with one attached hydrogen (secondary N) is 1. The zero-order chi connectivity index (χ0) is 26.3. The van der Waals surface area contributed by atoms with Gasteiger partial charge in [-0.05, 0) is 52.8 Å². The fourth-order valence-electron chi connectivity index (χ4n) is 4.67. The Morgan fingerprint density at radius 3 is 2.76 bits per heavy atom. The first-order valence-electron chi connectivity index (χ1n) is 13.0. The van der Waals surface area contributed by atoms with Crippen molar-refractivity contribution in [3.63, 3.8) is 0 Å². The van der Waals surface area contributed by atoms with Crippen LogP contribution in [0.4, 0.5) is 16.2 Å². The summed E-state index contributed by atoms with van der Waals surface area (Å²) in [4.78, 5) is 34.6. The van der Waals surface area contributed by atoms with Gasteiger partial charge in [0.2, 0.25) is 0 Å². The lowest BCUT2D eigenvalue weighted by atomic mass is 10.1. The highest BCUT2D eigenvalue weighted by molar-refractivity contribution is 7.08. The summed E-state index contributed by atoms with van der Waals surface area (Å²) in [7, 11) is 0. The van der Waals surface area contributed by atoms with Crippen molar-refractivity contribution >= 4 is 34.5 Å². The standard InChI is InChI=1S/C28H33N5O4S/c29-24-19-38-18-22(24)15-26(34)25-4-2-20(16-30-25)17-33(8-1-7-32-9-12-36-13-10-32)28(35)31-23-3-5-27-21(14-23)6-11-37-27/h2-5,14,16,18-19H,1,6-13,15,17,29H2,(H,31,35). The molecular weight excluding hydrogens is 502 g/mol. The Balaban J connectivity index is 1.23. The molecule has 2 aliphatic rings. The van der Waals surface area contributed by atoms with Gasteiger partial charge in [-0.15, -0.1) is 11.3 Å². The Hall–Kier alpha value is -3.47. The summed E-state index contributed by atoms with van der Waals surface area (Å²) in [5.41, 5.74) is 10.5. The fourth-order valence-corrected chi connectivity index (χ4v) is 5.42. The van der Waals surface area contributed by atoms with E-state index in [1.54, 1.807) is 17.2 Å². The van der Waals surface area contributed by atoms with Crippen molar-refractivity contribution in [2.45, 2.75) is 25.8 Å². The van der Waals surface area contributed by atoms with Gasteiger partial charge in [0, 0.05) is 68.5 Å². The first-order valence-corrected chi connectivity index (χ1v) is 13.9. The molecule has 38 heavy (non-hydrogen) atoms. The number of rotatable bonds is 10. The van der Waals surface area contributed by atoms with E-state index in [4.69, 9.17) is 15.2 Å². The van der Waals surface area contributed by atoms with E-state index < -0.39 is 0 Å². The van der Waals surface area contributed by atoms with Crippen molar-refractivity contribution < 1.29 is 19.1 Å². The van der Waals surface area contributed by atoms with Crippen molar-refractivity contribution in [1.82, 2.24) is 14.8 Å². The van der Waals surface area contributed by atoms with Gasteiger partial charge in [0.05, 0.1) is 19.8 Å². The number of hydrogen-bond donors (Lipinski definition) is 2. The van der Waals surface area contributed by atoms with Crippen LogP contribution in [0.15, 0.2) is 47.3 Å². The lowest BCUT2D eigenvalue weighted by molar-refractivity contribution is 0.0365. The number of ketones is 1. The van der Waals surface area contributed by atoms with E-state index in [-0.39, 0.29) is 18.2 Å². The Bertz CT molecular complexity index is 1260. The Morgan fingerprint density at radius 2 is 2.00 bits per heavy atom. The molecule has 2 aliphatic heterocycles. The number of benzene rings is 1. The first kappa shape index (κ1) is 26.1. The maximum absolute atomic E-state index is 13.3. The zero-order valence-corrected chi connectivity index (χ0v) is 22.2. The number of nitrogens with two attached hydrogens (primary N) is 1. The smallest absolute Gasteiger partial charge is 0.322 e. The van der Waals surface area contributed by atoms with Crippen LogP contribution in [0.25, 0.3) is 0 Å². The van der Waals surface area contributed by atoms with E-state index in [9.17, 15) is 9.59 Å². The third-order valence-electron chi connectivity index (χ3n) is 6.84. The first-order chi connectivity index (χ1) is 18.5. The largest absolute Gasteiger partial charge is 0.493 e. The summed E-state index contributed by atoms with van der Waals surface area (Å²) >= 11 is 1.48. The average molecular weight is 536 g/mol. The lowest BCUT2D eigenvalue weighted by Gasteiger charge is -2.28. The van der Waals surface area contributed by atoms with E-state index in [1.807, 2.05) is 35.0 Å². The van der Waals surface area contributed by atoms with Crippen LogP contribution in [0.1, 0.15) is 33.6 Å². The number of morpholine rings is 1. The quantitative estimate of drug-likeness (QED) is 0.380. The van der Waals surface area contributed by atoms with Gasteiger partial charge in [-0.1, -0.05) is 6.07 Å². The fraction of sp³-hybridized carbons (Fsp3) is 0.393. The molecule has 2 amide bonds. The molecule has 2 aromatic heterocycles.